The predicted octanol–water partition coefficient (Wildman–Crippen LogP) is 2.85. The predicted molar refractivity (Wildman–Crippen MR) is 83.2 cm³/mol. The molecular weight excluding hydrogens is 342 g/mol. The van der Waals surface area contributed by atoms with Crippen molar-refractivity contribution in [1.29, 1.82) is 0 Å². The molecule has 2 aromatic rings. The van der Waals surface area contributed by atoms with Crippen LogP contribution in [0.15, 0.2) is 29.0 Å². The Labute approximate surface area is 131 Å². The second-order valence-electron chi connectivity index (χ2n) is 4.49. The number of hydrogen-bond donors (Lipinski definition) is 2. The van der Waals surface area contributed by atoms with Crippen LogP contribution < -0.4 is 11.3 Å². The Morgan fingerprint density at radius 1 is 1.50 bits per heavy atom. The van der Waals surface area contributed by atoms with Gasteiger partial charge in [0.15, 0.2) is 0 Å². The zero-order chi connectivity index (χ0) is 14.5. The van der Waals surface area contributed by atoms with Gasteiger partial charge in [-0.15, -0.1) is 0 Å². The largest absolute Gasteiger partial charge is 0.271 e. The third-order valence-corrected chi connectivity index (χ3v) is 4.01. The van der Waals surface area contributed by atoms with Gasteiger partial charge in [-0.1, -0.05) is 34.5 Å². The lowest BCUT2D eigenvalue weighted by atomic mass is 10.0. The van der Waals surface area contributed by atoms with E-state index in [1.54, 1.807) is 6.33 Å². The number of rotatable bonds is 6. The van der Waals surface area contributed by atoms with E-state index in [4.69, 9.17) is 17.4 Å². The normalized spacial score (nSPS) is 12.6. The second-order valence-corrected chi connectivity index (χ2v) is 5.78. The number of nitrogens with zero attached hydrogens (tertiary/aromatic N) is 3. The minimum absolute atomic E-state index is 0.0807. The summed E-state index contributed by atoms with van der Waals surface area (Å²) in [7, 11) is 0. The van der Waals surface area contributed by atoms with Crippen molar-refractivity contribution in [2.75, 3.05) is 0 Å². The molecule has 108 valence electrons. The molecule has 1 aromatic heterocycles. The number of aromatic nitrogens is 3. The molecular formula is C13H17BrClN5. The zero-order valence-corrected chi connectivity index (χ0v) is 13.5. The highest BCUT2D eigenvalue weighted by Crippen LogP contribution is 2.28. The molecule has 0 fully saturated rings. The highest BCUT2D eigenvalue weighted by Gasteiger charge is 2.17. The SMILES string of the molecule is CCCn1ncnc1CC(NN)c1cc(Cl)ccc1Br. The standard InChI is InChI=1S/C13H17BrClN5/c1-2-5-20-13(17-8-18-20)7-12(19-16)10-6-9(15)3-4-11(10)14/h3-4,6,8,12,19H,2,5,7,16H2,1H3. The third-order valence-electron chi connectivity index (χ3n) is 3.05. The molecule has 1 unspecified atom stereocenters. The summed E-state index contributed by atoms with van der Waals surface area (Å²) in [5, 5.41) is 4.91. The fraction of sp³-hybridized carbons (Fsp3) is 0.385. The maximum absolute atomic E-state index is 6.06. The zero-order valence-electron chi connectivity index (χ0n) is 11.2. The number of hydrazine groups is 1. The van der Waals surface area contributed by atoms with Crippen LogP contribution in [0.25, 0.3) is 0 Å². The van der Waals surface area contributed by atoms with Gasteiger partial charge in [0.2, 0.25) is 0 Å². The molecule has 0 saturated carbocycles. The van der Waals surface area contributed by atoms with Crippen LogP contribution in [0.1, 0.15) is 30.8 Å². The first kappa shape index (κ1) is 15.4. The molecule has 0 aliphatic carbocycles. The van der Waals surface area contributed by atoms with E-state index in [2.05, 4.69) is 38.4 Å². The summed E-state index contributed by atoms with van der Waals surface area (Å²) >= 11 is 9.59. The average Bonchev–Trinajstić information content (AvgIpc) is 2.87. The summed E-state index contributed by atoms with van der Waals surface area (Å²) < 4.78 is 2.87. The Hall–Kier alpha value is -0.950. The van der Waals surface area contributed by atoms with Crippen LogP contribution in [0, 0.1) is 0 Å². The molecule has 0 saturated heterocycles. The summed E-state index contributed by atoms with van der Waals surface area (Å²) in [5.41, 5.74) is 3.83. The van der Waals surface area contributed by atoms with Gasteiger partial charge in [-0.3, -0.25) is 16.0 Å². The van der Waals surface area contributed by atoms with Gasteiger partial charge in [-0.2, -0.15) is 5.10 Å². The maximum Gasteiger partial charge on any atom is 0.138 e. The van der Waals surface area contributed by atoms with Gasteiger partial charge in [0.1, 0.15) is 12.2 Å². The van der Waals surface area contributed by atoms with Crippen molar-refractivity contribution >= 4 is 27.5 Å². The highest BCUT2D eigenvalue weighted by molar-refractivity contribution is 9.10. The lowest BCUT2D eigenvalue weighted by Crippen LogP contribution is -2.30. The Morgan fingerprint density at radius 2 is 2.30 bits per heavy atom. The molecule has 20 heavy (non-hydrogen) atoms. The van der Waals surface area contributed by atoms with E-state index >= 15 is 0 Å². The highest BCUT2D eigenvalue weighted by atomic mass is 79.9. The summed E-state index contributed by atoms with van der Waals surface area (Å²) in [4.78, 5) is 4.31. The Morgan fingerprint density at radius 3 is 3.00 bits per heavy atom. The quantitative estimate of drug-likeness (QED) is 0.615. The molecule has 3 N–H and O–H groups in total. The average molecular weight is 359 g/mol. The van der Waals surface area contributed by atoms with Crippen molar-refractivity contribution in [3.8, 4) is 0 Å². The number of hydrogen-bond acceptors (Lipinski definition) is 4. The Kier molecular flexibility index (Phi) is 5.54. The Bertz CT molecular complexity index is 572. The van der Waals surface area contributed by atoms with Crippen LogP contribution in [-0.4, -0.2) is 14.8 Å². The molecule has 0 radical (unpaired) electrons. The summed E-state index contributed by atoms with van der Waals surface area (Å²) in [6.45, 7) is 2.96. The fourth-order valence-corrected chi connectivity index (χ4v) is 2.77. The number of aryl methyl sites for hydroxylation is 1. The van der Waals surface area contributed by atoms with Crippen molar-refractivity contribution in [3.63, 3.8) is 0 Å². The van der Waals surface area contributed by atoms with Crippen molar-refractivity contribution in [2.45, 2.75) is 32.4 Å². The Balaban J connectivity index is 2.24. The molecule has 0 aliphatic heterocycles. The summed E-state index contributed by atoms with van der Waals surface area (Å²) in [5.74, 6) is 6.60. The molecule has 0 amide bonds. The molecule has 1 aromatic carbocycles. The van der Waals surface area contributed by atoms with E-state index in [-0.39, 0.29) is 6.04 Å². The van der Waals surface area contributed by atoms with Gasteiger partial charge in [-0.05, 0) is 30.2 Å². The van der Waals surface area contributed by atoms with Gasteiger partial charge in [0.25, 0.3) is 0 Å². The minimum atomic E-state index is -0.0807. The number of benzene rings is 1. The van der Waals surface area contributed by atoms with Crippen LogP contribution in [0.4, 0.5) is 0 Å². The van der Waals surface area contributed by atoms with Crippen LogP contribution >= 0.6 is 27.5 Å². The van der Waals surface area contributed by atoms with E-state index < -0.39 is 0 Å². The molecule has 0 aliphatic rings. The molecule has 7 heteroatoms. The van der Waals surface area contributed by atoms with E-state index in [0.29, 0.717) is 11.4 Å². The van der Waals surface area contributed by atoms with Gasteiger partial charge in [0, 0.05) is 22.5 Å². The van der Waals surface area contributed by atoms with Crippen LogP contribution in [-0.2, 0) is 13.0 Å². The van der Waals surface area contributed by atoms with Gasteiger partial charge in [0.05, 0.1) is 6.04 Å². The van der Waals surface area contributed by atoms with E-state index in [9.17, 15) is 0 Å². The monoisotopic (exact) mass is 357 g/mol. The molecule has 2 rings (SSSR count). The lowest BCUT2D eigenvalue weighted by Gasteiger charge is -2.18. The molecule has 1 heterocycles. The lowest BCUT2D eigenvalue weighted by molar-refractivity contribution is 0.498. The second kappa shape index (κ2) is 7.17. The first-order valence-corrected chi connectivity index (χ1v) is 7.60. The van der Waals surface area contributed by atoms with Crippen LogP contribution in [0.5, 0.6) is 0 Å². The molecule has 0 spiro atoms. The third kappa shape index (κ3) is 3.58. The van der Waals surface area contributed by atoms with E-state index in [1.807, 2.05) is 22.9 Å². The van der Waals surface area contributed by atoms with Crippen molar-refractivity contribution < 1.29 is 0 Å². The number of halogens is 2. The smallest absolute Gasteiger partial charge is 0.138 e. The van der Waals surface area contributed by atoms with Crippen molar-refractivity contribution in [3.05, 3.63) is 45.4 Å². The maximum atomic E-state index is 6.06. The molecule has 5 nitrogen and oxygen atoms in total. The van der Waals surface area contributed by atoms with Crippen molar-refractivity contribution in [1.82, 2.24) is 20.2 Å². The van der Waals surface area contributed by atoms with Gasteiger partial charge < -0.3 is 0 Å². The van der Waals surface area contributed by atoms with Crippen LogP contribution in [0.3, 0.4) is 0 Å². The first-order valence-electron chi connectivity index (χ1n) is 6.43. The van der Waals surface area contributed by atoms with Gasteiger partial charge in [-0.25, -0.2) is 4.98 Å². The topological polar surface area (TPSA) is 68.8 Å². The fourth-order valence-electron chi connectivity index (χ4n) is 2.07. The number of nitrogens with one attached hydrogen (secondary N) is 1. The summed E-state index contributed by atoms with van der Waals surface area (Å²) in [6, 6.07) is 5.57. The number of nitrogens with two attached hydrogens (primary N) is 1. The molecule has 1 atom stereocenters. The molecule has 0 bridgehead atoms. The summed E-state index contributed by atoms with van der Waals surface area (Å²) in [6.07, 6.45) is 3.24. The van der Waals surface area contributed by atoms with E-state index in [1.165, 1.54) is 0 Å². The van der Waals surface area contributed by atoms with Crippen molar-refractivity contribution in [2.24, 2.45) is 5.84 Å². The van der Waals surface area contributed by atoms with Crippen LogP contribution in [0.2, 0.25) is 5.02 Å². The van der Waals surface area contributed by atoms with E-state index in [0.717, 1.165) is 28.8 Å². The first-order chi connectivity index (χ1) is 9.65. The van der Waals surface area contributed by atoms with Gasteiger partial charge >= 0.3 is 0 Å². The minimum Gasteiger partial charge on any atom is -0.271 e.